The number of hydrogen-bond acceptors (Lipinski definition) is 4. The van der Waals surface area contributed by atoms with E-state index in [1.54, 1.807) is 0 Å². The summed E-state index contributed by atoms with van der Waals surface area (Å²) < 4.78 is 0. The first-order valence-corrected chi connectivity index (χ1v) is 7.74. The number of nitrogens with one attached hydrogen (secondary N) is 1. The van der Waals surface area contributed by atoms with Crippen LogP contribution in [-0.2, 0) is 6.54 Å². The molecule has 21 heavy (non-hydrogen) atoms. The van der Waals surface area contributed by atoms with Crippen LogP contribution in [0.15, 0.2) is 30.3 Å². The average Bonchev–Trinajstić information content (AvgIpc) is 2.71. The quantitative estimate of drug-likeness (QED) is 0.935. The van der Waals surface area contributed by atoms with Crippen molar-refractivity contribution in [2.24, 2.45) is 0 Å². The first kappa shape index (κ1) is 14.3. The molecule has 3 rings (SSSR count). The van der Waals surface area contributed by atoms with Crippen molar-refractivity contribution < 1.29 is 0 Å². The fourth-order valence-corrected chi connectivity index (χ4v) is 3.03. The monoisotopic (exact) mass is 284 g/mol. The molecule has 1 N–H and O–H groups in total. The molecule has 0 radical (unpaired) electrons. The van der Waals surface area contributed by atoms with Gasteiger partial charge in [0.2, 0.25) is 0 Å². The number of pyridine rings is 1. The fraction of sp³-hybridized carbons (Fsp3) is 0.471. The summed E-state index contributed by atoms with van der Waals surface area (Å²) in [6, 6.07) is 10.7. The smallest absolute Gasteiger partial charge is 0.0726 e. The Kier molecular flexibility index (Phi) is 4.36. The highest BCUT2D eigenvalue weighted by molar-refractivity contribution is 5.92. The summed E-state index contributed by atoms with van der Waals surface area (Å²) in [5, 5.41) is 4.47. The van der Waals surface area contributed by atoms with E-state index in [0.29, 0.717) is 0 Å². The molecular formula is C17H24N4. The van der Waals surface area contributed by atoms with Crippen molar-refractivity contribution in [3.8, 4) is 0 Å². The molecule has 1 aromatic carbocycles. The summed E-state index contributed by atoms with van der Waals surface area (Å²) in [5.74, 6) is 0. The van der Waals surface area contributed by atoms with E-state index in [9.17, 15) is 0 Å². The highest BCUT2D eigenvalue weighted by atomic mass is 15.2. The van der Waals surface area contributed by atoms with Gasteiger partial charge in [-0.3, -0.25) is 4.98 Å². The number of rotatable bonds is 3. The van der Waals surface area contributed by atoms with Crippen molar-refractivity contribution in [2.45, 2.75) is 13.0 Å². The molecule has 0 spiro atoms. The molecule has 0 saturated carbocycles. The summed E-state index contributed by atoms with van der Waals surface area (Å²) >= 11 is 0. The molecular weight excluding hydrogens is 260 g/mol. The lowest BCUT2D eigenvalue weighted by Crippen LogP contribution is -2.29. The molecule has 0 amide bonds. The summed E-state index contributed by atoms with van der Waals surface area (Å²) in [5.41, 5.74) is 3.54. The third-order valence-corrected chi connectivity index (χ3v) is 4.17. The van der Waals surface area contributed by atoms with Crippen molar-refractivity contribution >= 4 is 16.6 Å². The van der Waals surface area contributed by atoms with Crippen molar-refractivity contribution in [1.29, 1.82) is 0 Å². The number of fused-ring (bicyclic) bond motifs is 1. The Labute approximate surface area is 126 Å². The van der Waals surface area contributed by atoms with Crippen molar-refractivity contribution in [3.63, 3.8) is 0 Å². The molecule has 0 atom stereocenters. The summed E-state index contributed by atoms with van der Waals surface area (Å²) in [4.78, 5) is 9.69. The zero-order chi connectivity index (χ0) is 14.7. The summed E-state index contributed by atoms with van der Waals surface area (Å²) in [6.45, 7) is 5.33. The van der Waals surface area contributed by atoms with Gasteiger partial charge in [0.1, 0.15) is 0 Å². The van der Waals surface area contributed by atoms with E-state index in [4.69, 9.17) is 4.98 Å². The van der Waals surface area contributed by atoms with Crippen LogP contribution in [0.25, 0.3) is 10.9 Å². The Morgan fingerprint density at radius 2 is 2.00 bits per heavy atom. The van der Waals surface area contributed by atoms with E-state index in [2.05, 4.69) is 52.5 Å². The normalized spacial score (nSPS) is 17.1. The third-order valence-electron chi connectivity index (χ3n) is 4.17. The van der Waals surface area contributed by atoms with Gasteiger partial charge >= 0.3 is 0 Å². The van der Waals surface area contributed by atoms with Crippen LogP contribution in [0.1, 0.15) is 12.1 Å². The molecule has 1 saturated heterocycles. The Morgan fingerprint density at radius 1 is 1.14 bits per heavy atom. The second-order valence-electron chi connectivity index (χ2n) is 5.82. The minimum Gasteiger partial charge on any atom is -0.370 e. The molecule has 1 aromatic heterocycles. The Balaban J connectivity index is 2.02. The van der Waals surface area contributed by atoms with E-state index in [0.717, 1.165) is 37.4 Å². The van der Waals surface area contributed by atoms with Gasteiger partial charge in [0.25, 0.3) is 0 Å². The van der Waals surface area contributed by atoms with E-state index in [-0.39, 0.29) is 0 Å². The Bertz CT molecular complexity index is 611. The van der Waals surface area contributed by atoms with Crippen LogP contribution in [0, 0.1) is 0 Å². The average molecular weight is 284 g/mol. The van der Waals surface area contributed by atoms with Crippen molar-refractivity contribution in [3.05, 3.63) is 36.0 Å². The van der Waals surface area contributed by atoms with Gasteiger partial charge in [0.15, 0.2) is 0 Å². The van der Waals surface area contributed by atoms with Gasteiger partial charge in [-0.05, 0) is 39.2 Å². The predicted molar refractivity (Wildman–Crippen MR) is 88.8 cm³/mol. The predicted octanol–water partition coefficient (Wildman–Crippen LogP) is 2.10. The molecule has 1 aliphatic rings. The Hall–Kier alpha value is -1.65. The number of likely N-dealkylation sites (N-methyl/N-ethyl adjacent to an activating group) is 1. The first-order valence-electron chi connectivity index (χ1n) is 7.74. The second-order valence-corrected chi connectivity index (χ2v) is 5.82. The second kappa shape index (κ2) is 6.41. The molecule has 2 heterocycles. The lowest BCUT2D eigenvalue weighted by Gasteiger charge is -2.25. The van der Waals surface area contributed by atoms with Gasteiger partial charge in [-0.15, -0.1) is 0 Å². The van der Waals surface area contributed by atoms with Gasteiger partial charge in [0, 0.05) is 37.3 Å². The molecule has 0 unspecified atom stereocenters. The number of para-hydroxylation sites is 1. The molecule has 0 aliphatic carbocycles. The lowest BCUT2D eigenvalue weighted by atomic mass is 10.1. The molecule has 1 fully saturated rings. The van der Waals surface area contributed by atoms with Gasteiger partial charge < -0.3 is 15.1 Å². The van der Waals surface area contributed by atoms with Crippen LogP contribution in [0.2, 0.25) is 0 Å². The summed E-state index contributed by atoms with van der Waals surface area (Å²) in [6.07, 6.45) is 1.22. The standard InChI is InChI=1S/C17H24N4/c1-18-13-14-12-17(15-6-3-4-7-16(15)19-14)21-9-5-8-20(2)10-11-21/h3-4,6-7,12,18H,5,8-11,13H2,1-2H3. The molecule has 1 aliphatic heterocycles. The fourth-order valence-electron chi connectivity index (χ4n) is 3.03. The van der Waals surface area contributed by atoms with Gasteiger partial charge in [-0.2, -0.15) is 0 Å². The van der Waals surface area contributed by atoms with Crippen LogP contribution >= 0.6 is 0 Å². The Morgan fingerprint density at radius 3 is 2.86 bits per heavy atom. The molecule has 0 bridgehead atoms. The SMILES string of the molecule is CNCc1cc(N2CCCN(C)CC2)c2ccccc2n1. The zero-order valence-electron chi connectivity index (χ0n) is 13.0. The number of aromatic nitrogens is 1. The van der Waals surface area contributed by atoms with Gasteiger partial charge in [-0.25, -0.2) is 0 Å². The molecule has 2 aromatic rings. The van der Waals surface area contributed by atoms with Crippen LogP contribution in [0.5, 0.6) is 0 Å². The van der Waals surface area contributed by atoms with Crippen LogP contribution in [0.4, 0.5) is 5.69 Å². The van der Waals surface area contributed by atoms with Gasteiger partial charge in [0.05, 0.1) is 11.2 Å². The van der Waals surface area contributed by atoms with E-state index in [1.165, 1.54) is 24.0 Å². The van der Waals surface area contributed by atoms with Crippen LogP contribution < -0.4 is 10.2 Å². The van der Waals surface area contributed by atoms with Crippen LogP contribution in [-0.4, -0.2) is 50.2 Å². The maximum absolute atomic E-state index is 4.76. The first-order chi connectivity index (χ1) is 10.3. The number of benzene rings is 1. The third kappa shape index (κ3) is 3.17. The van der Waals surface area contributed by atoms with E-state index in [1.807, 2.05) is 7.05 Å². The van der Waals surface area contributed by atoms with E-state index >= 15 is 0 Å². The zero-order valence-corrected chi connectivity index (χ0v) is 13.0. The molecule has 4 heteroatoms. The van der Waals surface area contributed by atoms with Gasteiger partial charge in [-0.1, -0.05) is 18.2 Å². The minimum atomic E-state index is 0.811. The molecule has 4 nitrogen and oxygen atoms in total. The van der Waals surface area contributed by atoms with Crippen molar-refractivity contribution in [2.75, 3.05) is 45.2 Å². The highest BCUT2D eigenvalue weighted by Crippen LogP contribution is 2.27. The number of nitrogens with zero attached hydrogens (tertiary/aromatic N) is 3. The van der Waals surface area contributed by atoms with Crippen LogP contribution in [0.3, 0.4) is 0 Å². The van der Waals surface area contributed by atoms with E-state index < -0.39 is 0 Å². The maximum atomic E-state index is 4.76. The van der Waals surface area contributed by atoms with Crippen molar-refractivity contribution in [1.82, 2.24) is 15.2 Å². The topological polar surface area (TPSA) is 31.4 Å². The minimum absolute atomic E-state index is 0.811. The highest BCUT2D eigenvalue weighted by Gasteiger charge is 2.16. The number of anilines is 1. The number of hydrogen-bond donors (Lipinski definition) is 1. The summed E-state index contributed by atoms with van der Waals surface area (Å²) in [7, 11) is 4.18. The largest absolute Gasteiger partial charge is 0.370 e. The lowest BCUT2D eigenvalue weighted by molar-refractivity contribution is 0.360. The maximum Gasteiger partial charge on any atom is 0.0726 e. The molecule has 112 valence electrons.